The Bertz CT molecular complexity index is 532. The van der Waals surface area contributed by atoms with E-state index in [0.717, 1.165) is 6.42 Å². The van der Waals surface area contributed by atoms with Crippen molar-refractivity contribution in [2.24, 2.45) is 17.6 Å². The normalized spacial score (nSPS) is 42.6. The molecule has 0 aromatic heterocycles. The Balaban J connectivity index is 1.40. The van der Waals surface area contributed by atoms with E-state index >= 15 is 0 Å². The second-order valence-electron chi connectivity index (χ2n) is 7.11. The van der Waals surface area contributed by atoms with Crippen molar-refractivity contribution in [1.29, 1.82) is 0 Å². The van der Waals surface area contributed by atoms with Gasteiger partial charge in [-0.25, -0.2) is 0 Å². The van der Waals surface area contributed by atoms with Crippen LogP contribution in [0.1, 0.15) is 25.8 Å². The first-order chi connectivity index (χ1) is 10.00. The smallest absolute Gasteiger partial charge is 0.163 e. The van der Waals surface area contributed by atoms with Gasteiger partial charge in [0.05, 0.1) is 19.3 Å². The van der Waals surface area contributed by atoms with Crippen LogP contribution in [0.15, 0.2) is 30.3 Å². The zero-order valence-electron chi connectivity index (χ0n) is 12.6. The number of hydrogen-bond acceptors (Lipinski definition) is 4. The lowest BCUT2D eigenvalue weighted by atomic mass is 10.0. The highest BCUT2D eigenvalue weighted by molar-refractivity contribution is 5.26. The zero-order chi connectivity index (χ0) is 14.7. The summed E-state index contributed by atoms with van der Waals surface area (Å²) in [4.78, 5) is 0. The number of rotatable bonds is 4. The summed E-state index contributed by atoms with van der Waals surface area (Å²) >= 11 is 0. The Kier molecular flexibility index (Phi) is 2.95. The van der Waals surface area contributed by atoms with Crippen molar-refractivity contribution >= 4 is 0 Å². The van der Waals surface area contributed by atoms with Crippen LogP contribution in [0.4, 0.5) is 0 Å². The summed E-state index contributed by atoms with van der Waals surface area (Å²) in [5.41, 5.74) is 7.49. The van der Waals surface area contributed by atoms with Crippen molar-refractivity contribution in [1.82, 2.24) is 0 Å². The highest BCUT2D eigenvalue weighted by Crippen LogP contribution is 2.62. The fourth-order valence-corrected chi connectivity index (χ4v) is 4.04. The van der Waals surface area contributed by atoms with Crippen molar-refractivity contribution in [2.45, 2.75) is 50.4 Å². The van der Waals surface area contributed by atoms with Gasteiger partial charge in [-0.15, -0.1) is 0 Å². The van der Waals surface area contributed by atoms with Crippen molar-refractivity contribution in [3.05, 3.63) is 35.9 Å². The summed E-state index contributed by atoms with van der Waals surface area (Å²) in [7, 11) is 0. The molecule has 1 saturated heterocycles. The predicted molar refractivity (Wildman–Crippen MR) is 78.4 cm³/mol. The second-order valence-corrected chi connectivity index (χ2v) is 7.11. The minimum Gasteiger partial charge on any atom is -0.376 e. The molecule has 2 saturated carbocycles. The maximum Gasteiger partial charge on any atom is 0.163 e. The number of fused-ring (bicyclic) bond motifs is 3. The van der Waals surface area contributed by atoms with E-state index in [0.29, 0.717) is 25.0 Å². The monoisotopic (exact) mass is 289 g/mol. The first kappa shape index (κ1) is 13.7. The summed E-state index contributed by atoms with van der Waals surface area (Å²) in [6.45, 7) is 5.27. The summed E-state index contributed by atoms with van der Waals surface area (Å²) < 4.78 is 18.0. The molecule has 21 heavy (non-hydrogen) atoms. The lowest BCUT2D eigenvalue weighted by Crippen LogP contribution is -2.41. The quantitative estimate of drug-likeness (QED) is 0.922. The van der Waals surface area contributed by atoms with Crippen LogP contribution >= 0.6 is 0 Å². The topological polar surface area (TPSA) is 53.7 Å². The Morgan fingerprint density at radius 1 is 1.24 bits per heavy atom. The second kappa shape index (κ2) is 4.53. The van der Waals surface area contributed by atoms with E-state index in [1.165, 1.54) is 5.56 Å². The van der Waals surface area contributed by atoms with Crippen LogP contribution in [-0.4, -0.2) is 30.1 Å². The van der Waals surface area contributed by atoms with Gasteiger partial charge >= 0.3 is 0 Å². The van der Waals surface area contributed by atoms with Gasteiger partial charge in [-0.1, -0.05) is 30.3 Å². The van der Waals surface area contributed by atoms with Crippen LogP contribution < -0.4 is 5.73 Å². The molecule has 0 spiro atoms. The van der Waals surface area contributed by atoms with Crippen molar-refractivity contribution in [3.8, 4) is 0 Å². The van der Waals surface area contributed by atoms with Gasteiger partial charge < -0.3 is 19.9 Å². The maximum atomic E-state index is 6.47. The molecule has 4 rings (SSSR count). The molecule has 1 aromatic rings. The largest absolute Gasteiger partial charge is 0.376 e. The number of ether oxygens (including phenoxy) is 3. The number of nitrogens with two attached hydrogens (primary N) is 1. The third-order valence-electron chi connectivity index (χ3n) is 5.12. The van der Waals surface area contributed by atoms with Gasteiger partial charge in [0, 0.05) is 11.5 Å². The molecule has 1 heterocycles. The van der Waals surface area contributed by atoms with E-state index in [4.69, 9.17) is 19.9 Å². The SMILES string of the molecule is CC1(C)O[C@@H]2[C@@H](COCc3ccccc3)[C@@H]3C[C@]3(N)[C@@H]2O1. The van der Waals surface area contributed by atoms with Gasteiger partial charge in [0.15, 0.2) is 5.79 Å². The summed E-state index contributed by atoms with van der Waals surface area (Å²) in [6.07, 6.45) is 1.15. The van der Waals surface area contributed by atoms with Crippen LogP contribution in [-0.2, 0) is 20.8 Å². The molecule has 0 radical (unpaired) electrons. The molecule has 1 aliphatic heterocycles. The number of benzene rings is 1. The lowest BCUT2D eigenvalue weighted by molar-refractivity contribution is -0.160. The first-order valence-electron chi connectivity index (χ1n) is 7.76. The molecule has 5 atom stereocenters. The third kappa shape index (κ3) is 2.21. The Hall–Kier alpha value is -0.940. The van der Waals surface area contributed by atoms with Gasteiger partial charge in [-0.2, -0.15) is 0 Å². The molecule has 0 unspecified atom stereocenters. The first-order valence-corrected chi connectivity index (χ1v) is 7.76. The molecule has 1 aromatic carbocycles. The molecule has 4 nitrogen and oxygen atoms in total. The molecule has 3 aliphatic rings. The van der Waals surface area contributed by atoms with Crippen LogP contribution in [0, 0.1) is 11.8 Å². The minimum absolute atomic E-state index is 0.0304. The van der Waals surface area contributed by atoms with Gasteiger partial charge in [-0.05, 0) is 31.7 Å². The summed E-state index contributed by atoms with van der Waals surface area (Å²) in [6, 6.07) is 10.3. The Morgan fingerprint density at radius 2 is 2.00 bits per heavy atom. The van der Waals surface area contributed by atoms with Crippen LogP contribution in [0.2, 0.25) is 0 Å². The average Bonchev–Trinajstić information content (AvgIpc) is 2.94. The molecular formula is C17H23NO3. The van der Waals surface area contributed by atoms with Gasteiger partial charge in [0.2, 0.25) is 0 Å². The van der Waals surface area contributed by atoms with E-state index in [-0.39, 0.29) is 17.7 Å². The van der Waals surface area contributed by atoms with Crippen molar-refractivity contribution in [3.63, 3.8) is 0 Å². The van der Waals surface area contributed by atoms with Gasteiger partial charge in [-0.3, -0.25) is 0 Å². The van der Waals surface area contributed by atoms with Gasteiger partial charge in [0.1, 0.15) is 6.10 Å². The van der Waals surface area contributed by atoms with E-state index in [9.17, 15) is 0 Å². The van der Waals surface area contributed by atoms with Crippen LogP contribution in [0.5, 0.6) is 0 Å². The Morgan fingerprint density at radius 3 is 2.76 bits per heavy atom. The van der Waals surface area contributed by atoms with Crippen LogP contribution in [0.3, 0.4) is 0 Å². The van der Waals surface area contributed by atoms with Crippen molar-refractivity contribution < 1.29 is 14.2 Å². The standard InChI is InChI=1S/C17H23NO3/c1-16(2)20-14-12(13-8-17(13,18)15(14)21-16)10-19-9-11-6-4-3-5-7-11/h3-7,12-15H,8-10,18H2,1-2H3/t12-,13-,14+,15+,17+/m0/s1. The highest BCUT2D eigenvalue weighted by atomic mass is 16.8. The fraction of sp³-hybridized carbons (Fsp3) is 0.647. The molecule has 2 N–H and O–H groups in total. The third-order valence-corrected chi connectivity index (χ3v) is 5.12. The molecule has 0 amide bonds. The molecule has 4 heteroatoms. The molecule has 114 valence electrons. The molecule has 0 bridgehead atoms. The van der Waals surface area contributed by atoms with Gasteiger partial charge in [0.25, 0.3) is 0 Å². The maximum absolute atomic E-state index is 6.47. The highest BCUT2D eigenvalue weighted by Gasteiger charge is 2.73. The van der Waals surface area contributed by atoms with E-state index in [1.807, 2.05) is 32.0 Å². The minimum atomic E-state index is -0.521. The Labute approximate surface area is 125 Å². The zero-order valence-corrected chi connectivity index (χ0v) is 12.6. The predicted octanol–water partition coefficient (Wildman–Crippen LogP) is 2.07. The summed E-state index contributed by atoms with van der Waals surface area (Å²) in [5.74, 6) is 0.317. The molecule has 3 fully saturated rings. The molecule has 2 aliphatic carbocycles. The molecular weight excluding hydrogens is 266 g/mol. The average molecular weight is 289 g/mol. The van der Waals surface area contributed by atoms with E-state index in [1.54, 1.807) is 0 Å². The lowest BCUT2D eigenvalue weighted by Gasteiger charge is -2.22. The van der Waals surface area contributed by atoms with E-state index < -0.39 is 5.79 Å². The summed E-state index contributed by atoms with van der Waals surface area (Å²) in [5, 5.41) is 0. The number of hydrogen-bond donors (Lipinski definition) is 1. The van der Waals surface area contributed by atoms with Crippen LogP contribution in [0.25, 0.3) is 0 Å². The van der Waals surface area contributed by atoms with E-state index in [2.05, 4.69) is 12.1 Å². The van der Waals surface area contributed by atoms with Crippen molar-refractivity contribution in [2.75, 3.05) is 6.61 Å². The fourth-order valence-electron chi connectivity index (χ4n) is 4.04.